The predicted molar refractivity (Wildman–Crippen MR) is 84.2 cm³/mol. The first-order chi connectivity index (χ1) is 9.36. The summed E-state index contributed by atoms with van der Waals surface area (Å²) in [6.07, 6.45) is 1.86. The number of hydrogen-bond acceptors (Lipinski definition) is 2. The molecule has 0 heterocycles. The molecule has 0 bridgehead atoms. The van der Waals surface area contributed by atoms with Crippen molar-refractivity contribution in [3.63, 3.8) is 0 Å². The first-order valence-electron chi connectivity index (χ1n) is 6.19. The Morgan fingerprint density at radius 3 is 1.95 bits per heavy atom. The molecule has 0 fully saturated rings. The summed E-state index contributed by atoms with van der Waals surface area (Å²) in [5.74, 6) is 0. The summed E-state index contributed by atoms with van der Waals surface area (Å²) in [4.78, 5) is 8.38. The highest BCUT2D eigenvalue weighted by molar-refractivity contribution is 6.20. The molecule has 0 amide bonds. The van der Waals surface area contributed by atoms with Crippen LogP contribution in [0.2, 0.25) is 0 Å². The summed E-state index contributed by atoms with van der Waals surface area (Å²) in [6.45, 7) is 3.72. The molecule has 0 aromatic heterocycles. The Labute approximate surface area is 112 Å². The molecular formula is C17H14N2. The molecule has 3 aromatic carbocycles. The molecule has 0 unspecified atom stereocenters. The van der Waals surface area contributed by atoms with E-state index in [1.807, 2.05) is 18.3 Å². The van der Waals surface area contributed by atoms with E-state index < -0.39 is 0 Å². The number of benzene rings is 3. The lowest BCUT2D eigenvalue weighted by molar-refractivity contribution is 1.46. The maximum Gasteiger partial charge on any atom is 0.0794 e. The van der Waals surface area contributed by atoms with Gasteiger partial charge in [0, 0.05) is 24.2 Å². The number of nitrogens with zero attached hydrogens (tertiary/aromatic N) is 2. The van der Waals surface area contributed by atoms with Crippen LogP contribution in [0.5, 0.6) is 0 Å². The molecule has 2 heteroatoms. The minimum atomic E-state index is 0.903. The quantitative estimate of drug-likeness (QED) is 0.473. The summed E-state index contributed by atoms with van der Waals surface area (Å²) in [5, 5.41) is 4.70. The molecule has 92 valence electrons. The van der Waals surface area contributed by atoms with E-state index in [2.05, 4.69) is 53.1 Å². The van der Waals surface area contributed by atoms with Crippen LogP contribution in [-0.4, -0.2) is 20.0 Å². The van der Waals surface area contributed by atoms with Crippen LogP contribution in [0.15, 0.2) is 58.5 Å². The van der Waals surface area contributed by atoms with Crippen LogP contribution in [0.1, 0.15) is 5.56 Å². The van der Waals surface area contributed by atoms with Crippen molar-refractivity contribution in [1.29, 1.82) is 0 Å². The van der Waals surface area contributed by atoms with Gasteiger partial charge in [0.25, 0.3) is 0 Å². The fraction of sp³-hybridized carbons (Fsp3) is 0.0588. The van der Waals surface area contributed by atoms with Crippen molar-refractivity contribution in [1.82, 2.24) is 0 Å². The number of aliphatic imine (C=N–C) groups is 2. The van der Waals surface area contributed by atoms with E-state index in [0.717, 1.165) is 22.0 Å². The molecule has 2 nitrogen and oxygen atoms in total. The minimum absolute atomic E-state index is 0.903. The first-order valence-corrected chi connectivity index (χ1v) is 6.19. The third kappa shape index (κ3) is 1.73. The van der Waals surface area contributed by atoms with Gasteiger partial charge >= 0.3 is 0 Å². The van der Waals surface area contributed by atoms with Crippen LogP contribution in [0.4, 0.5) is 5.69 Å². The summed E-state index contributed by atoms with van der Waals surface area (Å²) >= 11 is 0. The van der Waals surface area contributed by atoms with Gasteiger partial charge in [-0.15, -0.1) is 0 Å². The van der Waals surface area contributed by atoms with Gasteiger partial charge in [0.15, 0.2) is 0 Å². The molecule has 0 saturated heterocycles. The van der Waals surface area contributed by atoms with Gasteiger partial charge in [-0.05, 0) is 22.9 Å². The van der Waals surface area contributed by atoms with Crippen molar-refractivity contribution in [2.45, 2.75) is 0 Å². The Balaban J connectivity index is 2.64. The van der Waals surface area contributed by atoms with Crippen molar-refractivity contribution in [2.75, 3.05) is 7.05 Å². The van der Waals surface area contributed by atoms with Crippen LogP contribution in [0.3, 0.4) is 0 Å². The van der Waals surface area contributed by atoms with Gasteiger partial charge in [0.05, 0.1) is 5.69 Å². The lowest BCUT2D eigenvalue weighted by atomic mass is 9.95. The average molecular weight is 246 g/mol. The highest BCUT2D eigenvalue weighted by Crippen LogP contribution is 2.36. The highest BCUT2D eigenvalue weighted by Gasteiger charge is 2.11. The molecule has 0 aliphatic carbocycles. The summed E-state index contributed by atoms with van der Waals surface area (Å²) in [6, 6.07) is 16.6. The fourth-order valence-electron chi connectivity index (χ4n) is 2.58. The van der Waals surface area contributed by atoms with Gasteiger partial charge in [-0.25, -0.2) is 0 Å². The van der Waals surface area contributed by atoms with Crippen LogP contribution >= 0.6 is 0 Å². The van der Waals surface area contributed by atoms with Crippen LogP contribution in [-0.2, 0) is 0 Å². The summed E-state index contributed by atoms with van der Waals surface area (Å²) in [7, 11) is 1.77. The van der Waals surface area contributed by atoms with Crippen LogP contribution in [0, 0.1) is 0 Å². The minimum Gasteiger partial charge on any atom is -0.296 e. The molecule has 0 aliphatic rings. The molecule has 19 heavy (non-hydrogen) atoms. The molecule has 3 rings (SSSR count). The molecule has 0 aliphatic heterocycles. The Bertz CT molecular complexity index is 801. The number of hydrogen-bond donors (Lipinski definition) is 0. The third-order valence-electron chi connectivity index (χ3n) is 3.36. The predicted octanol–water partition coefficient (Wildman–Crippen LogP) is 4.37. The summed E-state index contributed by atoms with van der Waals surface area (Å²) in [5.41, 5.74) is 1.94. The fourth-order valence-corrected chi connectivity index (χ4v) is 2.58. The van der Waals surface area contributed by atoms with Gasteiger partial charge in [-0.1, -0.05) is 48.5 Å². The van der Waals surface area contributed by atoms with E-state index in [1.165, 1.54) is 10.8 Å². The normalized spacial score (nSPS) is 11.4. The van der Waals surface area contributed by atoms with E-state index >= 15 is 0 Å². The Morgan fingerprint density at radius 2 is 1.37 bits per heavy atom. The van der Waals surface area contributed by atoms with E-state index in [-0.39, 0.29) is 0 Å². The Morgan fingerprint density at radius 1 is 0.842 bits per heavy atom. The van der Waals surface area contributed by atoms with Crippen LogP contribution < -0.4 is 0 Å². The van der Waals surface area contributed by atoms with Gasteiger partial charge < -0.3 is 0 Å². The van der Waals surface area contributed by atoms with E-state index in [1.54, 1.807) is 7.05 Å². The van der Waals surface area contributed by atoms with Crippen molar-refractivity contribution in [3.8, 4) is 0 Å². The Hall–Kier alpha value is -2.48. The molecule has 0 spiro atoms. The molecule has 0 saturated carbocycles. The third-order valence-corrected chi connectivity index (χ3v) is 3.36. The Kier molecular flexibility index (Phi) is 2.84. The number of fused-ring (bicyclic) bond motifs is 3. The molecular weight excluding hydrogens is 232 g/mol. The first kappa shape index (κ1) is 11.6. The lowest BCUT2D eigenvalue weighted by Crippen LogP contribution is -1.89. The zero-order valence-corrected chi connectivity index (χ0v) is 10.8. The van der Waals surface area contributed by atoms with Gasteiger partial charge in [0.2, 0.25) is 0 Å². The monoisotopic (exact) mass is 246 g/mol. The molecule has 3 aromatic rings. The van der Waals surface area contributed by atoms with Gasteiger partial charge in [0.1, 0.15) is 0 Å². The van der Waals surface area contributed by atoms with E-state index in [0.29, 0.717) is 0 Å². The second kappa shape index (κ2) is 4.65. The maximum atomic E-state index is 4.23. The SMILES string of the molecule is C=Nc1c(/C=N\C)c2ccccc2c2ccccc12. The summed E-state index contributed by atoms with van der Waals surface area (Å²) < 4.78 is 0. The van der Waals surface area contributed by atoms with Crippen molar-refractivity contribution in [2.24, 2.45) is 9.98 Å². The van der Waals surface area contributed by atoms with Gasteiger partial charge in [-0.2, -0.15) is 0 Å². The zero-order chi connectivity index (χ0) is 13.2. The molecule has 0 N–H and O–H groups in total. The topological polar surface area (TPSA) is 24.7 Å². The maximum absolute atomic E-state index is 4.23. The zero-order valence-electron chi connectivity index (χ0n) is 10.8. The second-order valence-corrected chi connectivity index (χ2v) is 4.40. The standard InChI is InChI=1S/C17H14N2/c1-18-11-16-14-9-4-3-7-12(14)13-8-5-6-10-15(13)17(16)19-2/h3-11H,2H2,1H3/b18-11-. The molecule has 0 radical (unpaired) electrons. The van der Waals surface area contributed by atoms with E-state index in [9.17, 15) is 0 Å². The van der Waals surface area contributed by atoms with Gasteiger partial charge in [-0.3, -0.25) is 9.98 Å². The largest absolute Gasteiger partial charge is 0.296 e. The van der Waals surface area contributed by atoms with E-state index in [4.69, 9.17) is 0 Å². The second-order valence-electron chi connectivity index (χ2n) is 4.40. The van der Waals surface area contributed by atoms with Crippen molar-refractivity contribution in [3.05, 3.63) is 54.1 Å². The highest BCUT2D eigenvalue weighted by atomic mass is 14.7. The number of rotatable bonds is 2. The van der Waals surface area contributed by atoms with Crippen LogP contribution in [0.25, 0.3) is 21.5 Å². The van der Waals surface area contributed by atoms with Crippen molar-refractivity contribution >= 4 is 40.2 Å². The lowest BCUT2D eigenvalue weighted by Gasteiger charge is -2.11. The molecule has 0 atom stereocenters. The van der Waals surface area contributed by atoms with Crippen molar-refractivity contribution < 1.29 is 0 Å². The smallest absolute Gasteiger partial charge is 0.0794 e. The average Bonchev–Trinajstić information content (AvgIpc) is 2.48.